The number of hydrogen-bond donors (Lipinski definition) is 0. The topological polar surface area (TPSA) is 79.0 Å². The van der Waals surface area contributed by atoms with Gasteiger partial charge in [-0.1, -0.05) is 0 Å². The van der Waals surface area contributed by atoms with Crippen LogP contribution in [0.1, 0.15) is 18.4 Å². The van der Waals surface area contributed by atoms with Crippen molar-refractivity contribution in [3.05, 3.63) is 84.3 Å². The van der Waals surface area contributed by atoms with Crippen molar-refractivity contribution >= 4 is 34.4 Å². The number of nitrogens with zero attached hydrogens (tertiary/aromatic N) is 5. The number of ether oxygens (including phenoxy) is 1. The van der Waals surface area contributed by atoms with Gasteiger partial charge in [-0.3, -0.25) is 0 Å². The molecule has 7 nitrogen and oxygen atoms in total. The summed E-state index contributed by atoms with van der Waals surface area (Å²) < 4.78 is 5.18. The fourth-order valence-corrected chi connectivity index (χ4v) is 3.46. The van der Waals surface area contributed by atoms with Crippen LogP contribution in [0.25, 0.3) is 0 Å². The molecule has 0 N–H and O–H groups in total. The van der Waals surface area contributed by atoms with Crippen LogP contribution in [0.15, 0.2) is 99.2 Å². The third kappa shape index (κ3) is 6.11. The molecular weight excluding hydrogens is 414 g/mol. The van der Waals surface area contributed by atoms with Crippen LogP contribution in [0.2, 0.25) is 0 Å². The fourth-order valence-electron chi connectivity index (χ4n) is 3.46. The molecule has 3 aromatic carbocycles. The Morgan fingerprint density at radius 3 is 2.09 bits per heavy atom. The third-order valence-electron chi connectivity index (χ3n) is 5.21. The zero-order valence-corrected chi connectivity index (χ0v) is 18.3. The first-order valence-electron chi connectivity index (χ1n) is 10.7. The minimum absolute atomic E-state index is 0.563. The lowest BCUT2D eigenvalue weighted by Gasteiger charge is -2.17. The molecule has 0 radical (unpaired) electrons. The summed E-state index contributed by atoms with van der Waals surface area (Å²) >= 11 is 0. The summed E-state index contributed by atoms with van der Waals surface area (Å²) in [6, 6.07) is 20.9. The number of anilines is 1. The molecule has 0 aliphatic carbocycles. The van der Waals surface area contributed by atoms with Gasteiger partial charge in [-0.2, -0.15) is 20.5 Å². The van der Waals surface area contributed by atoms with Crippen LogP contribution in [-0.2, 0) is 4.79 Å². The highest BCUT2D eigenvalue weighted by atomic mass is 16.5. The Labute approximate surface area is 192 Å². The van der Waals surface area contributed by atoms with E-state index in [1.54, 1.807) is 24.3 Å². The molecule has 0 aromatic heterocycles. The Hall–Kier alpha value is -4.31. The molecule has 0 amide bonds. The molecule has 4 rings (SSSR count). The summed E-state index contributed by atoms with van der Waals surface area (Å²) in [6.07, 6.45) is 3.67. The quantitative estimate of drug-likeness (QED) is 0.168. The van der Waals surface area contributed by atoms with E-state index < -0.39 is 0 Å². The van der Waals surface area contributed by atoms with Gasteiger partial charge in [0.25, 0.3) is 0 Å². The van der Waals surface area contributed by atoms with Gasteiger partial charge in [0.05, 0.1) is 22.7 Å². The van der Waals surface area contributed by atoms with Crippen LogP contribution in [0.3, 0.4) is 0 Å². The van der Waals surface area contributed by atoms with E-state index in [-0.39, 0.29) is 0 Å². The van der Waals surface area contributed by atoms with Crippen molar-refractivity contribution in [1.82, 2.24) is 0 Å². The predicted molar refractivity (Wildman–Crippen MR) is 128 cm³/mol. The van der Waals surface area contributed by atoms with Crippen LogP contribution < -0.4 is 9.64 Å². The molecule has 0 unspecified atom stereocenters. The molecule has 1 fully saturated rings. The second-order valence-corrected chi connectivity index (χ2v) is 7.56. The van der Waals surface area contributed by atoms with Gasteiger partial charge in [0.15, 0.2) is 5.94 Å². The van der Waals surface area contributed by atoms with Crippen LogP contribution in [0, 0.1) is 6.92 Å². The van der Waals surface area contributed by atoms with Crippen molar-refractivity contribution in [3.63, 3.8) is 0 Å². The highest BCUT2D eigenvalue weighted by Crippen LogP contribution is 2.29. The van der Waals surface area contributed by atoms with Gasteiger partial charge in [-0.25, -0.2) is 4.79 Å². The zero-order chi connectivity index (χ0) is 22.9. The molecule has 0 atom stereocenters. The van der Waals surface area contributed by atoms with Crippen molar-refractivity contribution < 1.29 is 9.53 Å². The Kier molecular flexibility index (Phi) is 7.18. The van der Waals surface area contributed by atoms with Crippen LogP contribution >= 0.6 is 0 Å². The number of rotatable bonds is 7. The molecule has 33 heavy (non-hydrogen) atoms. The summed E-state index contributed by atoms with van der Waals surface area (Å²) in [5, 5.41) is 17.3. The number of hydrogen-bond acceptors (Lipinski definition) is 7. The first-order chi connectivity index (χ1) is 16.2. The summed E-state index contributed by atoms with van der Waals surface area (Å²) in [5.41, 5.74) is 7.40. The van der Waals surface area contributed by atoms with E-state index in [1.807, 2.05) is 37.3 Å². The van der Waals surface area contributed by atoms with Gasteiger partial charge >= 0.3 is 0 Å². The summed E-state index contributed by atoms with van der Waals surface area (Å²) in [4.78, 5) is 12.5. The Morgan fingerprint density at radius 1 is 0.818 bits per heavy atom. The molecule has 0 spiro atoms. The predicted octanol–water partition coefficient (Wildman–Crippen LogP) is 7.31. The van der Waals surface area contributed by atoms with E-state index in [0.29, 0.717) is 11.4 Å². The number of carbonyl (C=O) groups excluding carboxylic acids is 1. The minimum Gasteiger partial charge on any atom is -0.456 e. The lowest BCUT2D eigenvalue weighted by Crippen LogP contribution is -2.17. The van der Waals surface area contributed by atoms with Gasteiger partial charge < -0.3 is 9.64 Å². The maximum atomic E-state index is 10.1. The summed E-state index contributed by atoms with van der Waals surface area (Å²) in [7, 11) is 0. The fraction of sp³-hybridized carbons (Fsp3) is 0.192. The average molecular weight is 438 g/mol. The largest absolute Gasteiger partial charge is 0.456 e. The first-order valence-corrected chi connectivity index (χ1v) is 10.7. The maximum Gasteiger partial charge on any atom is 0.180 e. The molecule has 0 saturated carbocycles. The Bertz CT molecular complexity index is 1230. The van der Waals surface area contributed by atoms with Crippen molar-refractivity contribution in [1.29, 1.82) is 0 Å². The second-order valence-electron chi connectivity index (χ2n) is 7.56. The van der Waals surface area contributed by atoms with Crippen LogP contribution in [0.4, 0.5) is 28.4 Å². The molecular formula is C26H23N5O2. The molecule has 0 bridgehead atoms. The van der Waals surface area contributed by atoms with Crippen molar-refractivity contribution in [2.24, 2.45) is 20.5 Å². The summed E-state index contributed by atoms with van der Waals surface area (Å²) in [6.45, 7) is 4.22. The van der Waals surface area contributed by atoms with E-state index in [9.17, 15) is 4.79 Å². The van der Waals surface area contributed by atoms with E-state index in [2.05, 4.69) is 43.2 Å². The van der Waals surface area contributed by atoms with Gasteiger partial charge in [-0.15, -0.1) is 0 Å². The zero-order valence-electron chi connectivity index (χ0n) is 18.3. The molecule has 1 saturated heterocycles. The molecule has 1 aliphatic heterocycles. The Morgan fingerprint density at radius 2 is 1.42 bits per heavy atom. The SMILES string of the molecule is Cc1cc(N=Nc2ccc(OC=C=C=O)cc2)ccc1N=Nc1ccc(N2CCCC2)cc1. The molecule has 1 heterocycles. The average Bonchev–Trinajstić information content (AvgIpc) is 3.39. The molecule has 3 aromatic rings. The van der Waals surface area contributed by atoms with Crippen LogP contribution in [0.5, 0.6) is 5.75 Å². The monoisotopic (exact) mass is 437 g/mol. The highest BCUT2D eigenvalue weighted by Gasteiger charge is 2.11. The Balaban J connectivity index is 1.38. The smallest absolute Gasteiger partial charge is 0.180 e. The van der Waals surface area contributed by atoms with Crippen molar-refractivity contribution in [3.8, 4) is 5.75 Å². The standard InChI is InChI=1S/C26H23N5O2/c1-20-19-23(29-27-22-7-12-25(13-8-22)33-18-4-17-32)9-14-26(20)30-28-21-5-10-24(11-6-21)31-15-2-3-16-31/h5-14,18-19H,2-3,15-16H2,1H3. The molecule has 1 aliphatic rings. The minimum atomic E-state index is 0.563. The lowest BCUT2D eigenvalue weighted by atomic mass is 10.2. The molecule has 164 valence electrons. The maximum absolute atomic E-state index is 10.1. The lowest BCUT2D eigenvalue weighted by molar-refractivity contribution is 0.482. The van der Waals surface area contributed by atoms with Crippen molar-refractivity contribution in [2.75, 3.05) is 18.0 Å². The van der Waals surface area contributed by atoms with Crippen molar-refractivity contribution in [2.45, 2.75) is 19.8 Å². The van der Waals surface area contributed by atoms with E-state index in [4.69, 9.17) is 4.74 Å². The van der Waals surface area contributed by atoms with E-state index >= 15 is 0 Å². The number of benzene rings is 3. The van der Waals surface area contributed by atoms with Gasteiger partial charge in [0.2, 0.25) is 0 Å². The van der Waals surface area contributed by atoms with Gasteiger partial charge in [0, 0.05) is 24.5 Å². The normalized spacial score (nSPS) is 13.3. The number of aryl methyl sites for hydroxylation is 1. The summed E-state index contributed by atoms with van der Waals surface area (Å²) in [5.74, 6) is 2.06. The number of azo groups is 2. The van der Waals surface area contributed by atoms with Gasteiger partial charge in [-0.05, 0) is 92.1 Å². The second kappa shape index (κ2) is 10.8. The van der Waals surface area contributed by atoms with E-state index in [1.165, 1.54) is 24.5 Å². The third-order valence-corrected chi connectivity index (χ3v) is 5.21. The van der Waals surface area contributed by atoms with Gasteiger partial charge in [0.1, 0.15) is 12.0 Å². The van der Waals surface area contributed by atoms with Crippen LogP contribution in [-0.4, -0.2) is 19.0 Å². The first kappa shape index (κ1) is 21.9. The molecule has 7 heteroatoms. The highest BCUT2D eigenvalue weighted by molar-refractivity contribution is 5.56. The van der Waals surface area contributed by atoms with E-state index in [0.717, 1.165) is 42.0 Å².